The predicted molar refractivity (Wildman–Crippen MR) is 166 cm³/mol. The zero-order valence-corrected chi connectivity index (χ0v) is 22.0. The molecular formula is C37H23N3O. The minimum atomic E-state index is 0.626. The van der Waals surface area contributed by atoms with E-state index >= 15 is 0 Å². The molecule has 0 aliphatic carbocycles. The van der Waals surface area contributed by atoms with Gasteiger partial charge in [-0.15, -0.1) is 0 Å². The van der Waals surface area contributed by atoms with Gasteiger partial charge in [0, 0.05) is 27.6 Å². The first-order chi connectivity index (χ1) is 20.3. The number of aromatic nitrogens is 3. The van der Waals surface area contributed by atoms with Crippen LogP contribution in [0.25, 0.3) is 78.0 Å². The first kappa shape index (κ1) is 23.3. The Morgan fingerprint density at radius 3 is 1.68 bits per heavy atom. The lowest BCUT2D eigenvalue weighted by molar-refractivity contribution is 0.620. The molecule has 0 N–H and O–H groups in total. The van der Waals surface area contributed by atoms with Crippen molar-refractivity contribution in [2.24, 2.45) is 0 Å². The second kappa shape index (κ2) is 9.54. The average molecular weight is 526 g/mol. The van der Waals surface area contributed by atoms with Gasteiger partial charge in [0.05, 0.1) is 11.4 Å². The molecular weight excluding hydrogens is 502 g/mol. The van der Waals surface area contributed by atoms with Crippen molar-refractivity contribution in [3.8, 4) is 45.4 Å². The molecule has 0 spiro atoms. The van der Waals surface area contributed by atoms with Crippen LogP contribution in [-0.4, -0.2) is 15.0 Å². The number of benzene rings is 6. The number of rotatable bonds is 4. The first-order valence-corrected chi connectivity index (χ1v) is 13.6. The number of hydrogen-bond acceptors (Lipinski definition) is 4. The summed E-state index contributed by atoms with van der Waals surface area (Å²) >= 11 is 0. The van der Waals surface area contributed by atoms with Crippen molar-refractivity contribution in [1.82, 2.24) is 15.0 Å². The highest BCUT2D eigenvalue weighted by atomic mass is 16.3. The van der Waals surface area contributed by atoms with Crippen molar-refractivity contribution in [1.29, 1.82) is 0 Å². The molecule has 8 rings (SSSR count). The Morgan fingerprint density at radius 2 is 1.02 bits per heavy atom. The van der Waals surface area contributed by atoms with Crippen molar-refractivity contribution in [3.05, 3.63) is 140 Å². The van der Waals surface area contributed by atoms with Gasteiger partial charge in [-0.3, -0.25) is 0 Å². The third kappa shape index (κ3) is 4.14. The van der Waals surface area contributed by atoms with Gasteiger partial charge in [-0.25, -0.2) is 15.0 Å². The Hall–Kier alpha value is -5.61. The molecule has 6 aromatic carbocycles. The maximum atomic E-state index is 6.18. The largest absolute Gasteiger partial charge is 0.436 e. The van der Waals surface area contributed by atoms with Gasteiger partial charge in [0.2, 0.25) is 5.89 Å². The SMILES string of the molecule is c1ccc(-c2cc(-c3ccccc3)nc(-c3ccc4c(ccc5ccc6oc(-c7ccccc7)nc6c54)c3)n2)cc1. The summed E-state index contributed by atoms with van der Waals surface area (Å²) in [6, 6.07) is 47.5. The predicted octanol–water partition coefficient (Wildman–Crippen LogP) is 9.59. The molecule has 0 unspecified atom stereocenters. The number of oxazole rings is 1. The molecule has 2 heterocycles. The van der Waals surface area contributed by atoms with Crippen LogP contribution < -0.4 is 0 Å². The lowest BCUT2D eigenvalue weighted by Crippen LogP contribution is -1.96. The van der Waals surface area contributed by atoms with Crippen LogP contribution in [0.4, 0.5) is 0 Å². The maximum absolute atomic E-state index is 6.18. The average Bonchev–Trinajstić information content (AvgIpc) is 3.50. The van der Waals surface area contributed by atoms with Gasteiger partial charge in [-0.05, 0) is 46.5 Å². The minimum absolute atomic E-state index is 0.626. The summed E-state index contributed by atoms with van der Waals surface area (Å²) in [6.07, 6.45) is 0. The summed E-state index contributed by atoms with van der Waals surface area (Å²) in [5.74, 6) is 1.32. The smallest absolute Gasteiger partial charge is 0.227 e. The molecule has 0 saturated heterocycles. The van der Waals surface area contributed by atoms with E-state index in [2.05, 4.69) is 66.7 Å². The Kier molecular flexibility index (Phi) is 5.42. The Morgan fingerprint density at radius 1 is 0.439 bits per heavy atom. The van der Waals surface area contributed by atoms with Crippen molar-refractivity contribution in [3.63, 3.8) is 0 Å². The molecule has 0 atom stereocenters. The normalized spacial score (nSPS) is 11.4. The van der Waals surface area contributed by atoms with E-state index in [-0.39, 0.29) is 0 Å². The van der Waals surface area contributed by atoms with E-state index in [4.69, 9.17) is 19.4 Å². The standard InChI is InChI=1S/C37H23N3O/c1-4-10-24(11-5-1)31-23-32(25-12-6-2-7-13-25)39-36(38-31)29-18-20-30-28(22-29)17-16-26-19-21-33-35(34(26)30)40-37(41-33)27-14-8-3-9-15-27/h1-23H. The van der Waals surface area contributed by atoms with E-state index in [1.54, 1.807) is 0 Å². The first-order valence-electron chi connectivity index (χ1n) is 13.6. The van der Waals surface area contributed by atoms with Crippen LogP contribution in [0, 0.1) is 0 Å². The van der Waals surface area contributed by atoms with Crippen LogP contribution in [0.15, 0.2) is 144 Å². The van der Waals surface area contributed by atoms with Crippen molar-refractivity contribution in [2.45, 2.75) is 0 Å². The highest BCUT2D eigenvalue weighted by Crippen LogP contribution is 2.36. The van der Waals surface area contributed by atoms with Crippen LogP contribution >= 0.6 is 0 Å². The van der Waals surface area contributed by atoms with E-state index in [1.807, 2.05) is 72.8 Å². The molecule has 4 nitrogen and oxygen atoms in total. The molecule has 0 radical (unpaired) electrons. The Bertz CT molecular complexity index is 2130. The maximum Gasteiger partial charge on any atom is 0.227 e. The molecule has 0 aliphatic heterocycles. The Labute approximate surface area is 236 Å². The molecule has 8 aromatic rings. The van der Waals surface area contributed by atoms with Gasteiger partial charge in [0.1, 0.15) is 5.52 Å². The van der Waals surface area contributed by atoms with Crippen LogP contribution in [0.3, 0.4) is 0 Å². The van der Waals surface area contributed by atoms with Gasteiger partial charge in [-0.2, -0.15) is 0 Å². The van der Waals surface area contributed by atoms with Crippen LogP contribution in [-0.2, 0) is 0 Å². The van der Waals surface area contributed by atoms with E-state index in [9.17, 15) is 0 Å². The van der Waals surface area contributed by atoms with Crippen molar-refractivity contribution >= 4 is 32.6 Å². The fraction of sp³-hybridized carbons (Fsp3) is 0. The minimum Gasteiger partial charge on any atom is -0.436 e. The third-order valence-corrected chi connectivity index (χ3v) is 7.50. The highest BCUT2D eigenvalue weighted by molar-refractivity contribution is 6.18. The Balaban J connectivity index is 1.31. The van der Waals surface area contributed by atoms with Gasteiger partial charge < -0.3 is 4.42 Å². The monoisotopic (exact) mass is 525 g/mol. The van der Waals surface area contributed by atoms with E-state index in [1.165, 1.54) is 0 Å². The topological polar surface area (TPSA) is 51.8 Å². The summed E-state index contributed by atoms with van der Waals surface area (Å²) in [4.78, 5) is 15.0. The van der Waals surface area contributed by atoms with Crippen LogP contribution in [0.1, 0.15) is 0 Å². The fourth-order valence-electron chi connectivity index (χ4n) is 5.47. The van der Waals surface area contributed by atoms with Crippen molar-refractivity contribution < 1.29 is 4.42 Å². The lowest BCUT2D eigenvalue weighted by Gasteiger charge is -2.11. The van der Waals surface area contributed by atoms with Crippen molar-refractivity contribution in [2.75, 3.05) is 0 Å². The second-order valence-electron chi connectivity index (χ2n) is 10.1. The quantitative estimate of drug-likeness (QED) is 0.215. The van der Waals surface area contributed by atoms with E-state index in [0.29, 0.717) is 11.7 Å². The van der Waals surface area contributed by atoms with Crippen LogP contribution in [0.5, 0.6) is 0 Å². The van der Waals surface area contributed by atoms with Gasteiger partial charge in [-0.1, -0.05) is 109 Å². The molecule has 0 saturated carbocycles. The lowest BCUT2D eigenvalue weighted by atomic mass is 9.99. The number of fused-ring (bicyclic) bond motifs is 5. The molecule has 0 aliphatic rings. The fourth-order valence-corrected chi connectivity index (χ4v) is 5.47. The zero-order chi connectivity index (χ0) is 27.2. The summed E-state index contributed by atoms with van der Waals surface area (Å²) in [7, 11) is 0. The number of hydrogen-bond donors (Lipinski definition) is 0. The summed E-state index contributed by atoms with van der Waals surface area (Å²) in [5.41, 5.74) is 7.48. The summed E-state index contributed by atoms with van der Waals surface area (Å²) < 4.78 is 6.18. The van der Waals surface area contributed by atoms with Gasteiger partial charge in [0.25, 0.3) is 0 Å². The molecule has 2 aromatic heterocycles. The van der Waals surface area contributed by atoms with E-state index < -0.39 is 0 Å². The molecule has 0 bridgehead atoms. The van der Waals surface area contributed by atoms with Gasteiger partial charge in [0.15, 0.2) is 11.4 Å². The molecule has 4 heteroatoms. The molecule has 41 heavy (non-hydrogen) atoms. The number of nitrogens with zero attached hydrogens (tertiary/aromatic N) is 3. The molecule has 0 fully saturated rings. The molecule has 0 amide bonds. The van der Waals surface area contributed by atoms with E-state index in [0.717, 1.165) is 66.3 Å². The highest BCUT2D eigenvalue weighted by Gasteiger charge is 2.15. The zero-order valence-electron chi connectivity index (χ0n) is 22.0. The molecule has 192 valence electrons. The summed E-state index contributed by atoms with van der Waals surface area (Å²) in [6.45, 7) is 0. The third-order valence-electron chi connectivity index (χ3n) is 7.50. The second-order valence-corrected chi connectivity index (χ2v) is 10.1. The summed E-state index contributed by atoms with van der Waals surface area (Å²) in [5, 5.41) is 4.43. The van der Waals surface area contributed by atoms with Gasteiger partial charge >= 0.3 is 0 Å². The van der Waals surface area contributed by atoms with Crippen LogP contribution in [0.2, 0.25) is 0 Å².